The predicted molar refractivity (Wildman–Crippen MR) is 48.5 cm³/mol. The molecule has 0 aromatic carbocycles. The maximum Gasteiger partial charge on any atom is 0.302 e. The van der Waals surface area contributed by atoms with Gasteiger partial charge in [0.15, 0.2) is 0 Å². The zero-order chi connectivity index (χ0) is 10.4. The molecule has 1 aromatic heterocycles. The third-order valence-corrected chi connectivity index (χ3v) is 2.73. The molecule has 1 aromatic rings. The van der Waals surface area contributed by atoms with E-state index in [1.54, 1.807) is 10.8 Å². The van der Waals surface area contributed by atoms with Crippen LogP contribution in [0.4, 0.5) is 0 Å². The van der Waals surface area contributed by atoms with E-state index in [9.17, 15) is 4.79 Å². The molecule has 0 saturated carbocycles. The first-order valence-electron chi connectivity index (χ1n) is 4.80. The standard InChI is InChI=1S/C9H10N2O4/c12-4-6-5-3-8(14-6)11-2-1-7(13)10-9(11)15-5/h1-2,5-6,8,12H,3-4H2/t5-,6+,8+/m0/s1. The monoisotopic (exact) mass is 210 g/mol. The van der Waals surface area contributed by atoms with Crippen molar-refractivity contribution in [1.82, 2.24) is 9.55 Å². The molecular weight excluding hydrogens is 200 g/mol. The second kappa shape index (κ2) is 3.04. The van der Waals surface area contributed by atoms with Crippen LogP contribution in [0.5, 0.6) is 6.01 Å². The second-order valence-electron chi connectivity index (χ2n) is 3.66. The fourth-order valence-electron chi connectivity index (χ4n) is 2.00. The summed E-state index contributed by atoms with van der Waals surface area (Å²) in [6.45, 7) is -0.0834. The lowest BCUT2D eigenvalue weighted by atomic mass is 10.2. The zero-order valence-electron chi connectivity index (χ0n) is 7.87. The minimum Gasteiger partial charge on any atom is -0.458 e. The molecule has 3 heterocycles. The number of ether oxygens (including phenoxy) is 2. The summed E-state index contributed by atoms with van der Waals surface area (Å²) >= 11 is 0. The Morgan fingerprint density at radius 3 is 3.33 bits per heavy atom. The van der Waals surface area contributed by atoms with Gasteiger partial charge in [-0.15, -0.1) is 0 Å². The van der Waals surface area contributed by atoms with Crippen LogP contribution in [-0.2, 0) is 4.74 Å². The van der Waals surface area contributed by atoms with E-state index in [0.717, 1.165) is 0 Å². The van der Waals surface area contributed by atoms with Gasteiger partial charge in [0, 0.05) is 18.7 Å². The van der Waals surface area contributed by atoms with Gasteiger partial charge in [0.25, 0.3) is 5.56 Å². The molecule has 0 spiro atoms. The summed E-state index contributed by atoms with van der Waals surface area (Å²) in [4.78, 5) is 14.8. The van der Waals surface area contributed by atoms with Crippen LogP contribution in [0.25, 0.3) is 0 Å². The van der Waals surface area contributed by atoms with Gasteiger partial charge in [-0.1, -0.05) is 0 Å². The molecule has 2 aliphatic heterocycles. The summed E-state index contributed by atoms with van der Waals surface area (Å²) in [7, 11) is 0. The molecule has 1 fully saturated rings. The molecule has 6 nitrogen and oxygen atoms in total. The predicted octanol–water partition coefficient (Wildman–Crippen LogP) is -0.716. The van der Waals surface area contributed by atoms with Crippen LogP contribution in [0.3, 0.4) is 0 Å². The van der Waals surface area contributed by atoms with Gasteiger partial charge in [-0.05, 0) is 0 Å². The second-order valence-corrected chi connectivity index (χ2v) is 3.66. The molecule has 0 aliphatic carbocycles. The summed E-state index contributed by atoms with van der Waals surface area (Å²) < 4.78 is 12.7. The Kier molecular flexibility index (Phi) is 1.80. The van der Waals surface area contributed by atoms with Crippen LogP contribution in [0.15, 0.2) is 17.1 Å². The van der Waals surface area contributed by atoms with Gasteiger partial charge < -0.3 is 14.6 Å². The molecule has 1 saturated heterocycles. The molecule has 15 heavy (non-hydrogen) atoms. The number of nitrogens with zero attached hydrogens (tertiary/aromatic N) is 2. The van der Waals surface area contributed by atoms with Gasteiger partial charge in [-0.3, -0.25) is 9.36 Å². The molecule has 0 radical (unpaired) electrons. The third-order valence-electron chi connectivity index (χ3n) is 2.73. The van der Waals surface area contributed by atoms with E-state index in [0.29, 0.717) is 6.42 Å². The van der Waals surface area contributed by atoms with Crippen molar-refractivity contribution in [3.05, 3.63) is 22.6 Å². The highest BCUT2D eigenvalue weighted by atomic mass is 16.6. The average molecular weight is 210 g/mol. The third kappa shape index (κ3) is 1.25. The van der Waals surface area contributed by atoms with Crippen molar-refractivity contribution in [1.29, 1.82) is 0 Å². The minimum atomic E-state index is -0.330. The number of hydrogen-bond donors (Lipinski definition) is 1. The number of aliphatic hydroxyl groups excluding tert-OH is 1. The molecule has 1 N–H and O–H groups in total. The van der Waals surface area contributed by atoms with Crippen LogP contribution in [-0.4, -0.2) is 33.5 Å². The number of hydrogen-bond acceptors (Lipinski definition) is 5. The smallest absolute Gasteiger partial charge is 0.302 e. The molecule has 0 unspecified atom stereocenters. The SMILES string of the molecule is O=c1ccn2c(n1)O[C@H]1C[C@H]2O[C@@H]1CO. The van der Waals surface area contributed by atoms with E-state index in [2.05, 4.69) is 4.98 Å². The lowest BCUT2D eigenvalue weighted by Crippen LogP contribution is -2.32. The Hall–Kier alpha value is -1.40. The summed E-state index contributed by atoms with van der Waals surface area (Å²) in [6.07, 6.45) is 1.58. The minimum absolute atomic E-state index is 0.0834. The van der Waals surface area contributed by atoms with Crippen molar-refractivity contribution in [2.45, 2.75) is 24.9 Å². The Labute approximate surface area is 85.1 Å². The highest BCUT2D eigenvalue weighted by molar-refractivity contribution is 5.07. The fraction of sp³-hybridized carbons (Fsp3) is 0.556. The summed E-state index contributed by atoms with van der Waals surface area (Å²) in [6, 6.07) is 1.64. The molecule has 0 amide bonds. The Bertz CT molecular complexity index is 444. The highest BCUT2D eigenvalue weighted by Gasteiger charge is 2.42. The quantitative estimate of drug-likeness (QED) is 0.662. The van der Waals surface area contributed by atoms with Gasteiger partial charge in [0.1, 0.15) is 18.4 Å². The van der Waals surface area contributed by atoms with E-state index in [1.807, 2.05) is 0 Å². The Morgan fingerprint density at radius 2 is 2.53 bits per heavy atom. The van der Waals surface area contributed by atoms with Gasteiger partial charge in [-0.2, -0.15) is 4.98 Å². The van der Waals surface area contributed by atoms with E-state index >= 15 is 0 Å². The first-order valence-corrected chi connectivity index (χ1v) is 4.80. The molecule has 6 heteroatoms. The van der Waals surface area contributed by atoms with E-state index in [4.69, 9.17) is 14.6 Å². The first kappa shape index (κ1) is 8.87. The molecular formula is C9H10N2O4. The number of fused-ring (bicyclic) bond motifs is 4. The maximum atomic E-state index is 11.0. The molecule has 80 valence electrons. The van der Waals surface area contributed by atoms with Gasteiger partial charge in [-0.25, -0.2) is 0 Å². The van der Waals surface area contributed by atoms with Gasteiger partial charge >= 0.3 is 6.01 Å². The zero-order valence-corrected chi connectivity index (χ0v) is 7.87. The summed E-state index contributed by atoms with van der Waals surface area (Å²) in [5.74, 6) is 0. The van der Waals surface area contributed by atoms with Crippen molar-refractivity contribution in [3.8, 4) is 6.01 Å². The number of aromatic nitrogens is 2. The van der Waals surface area contributed by atoms with Crippen molar-refractivity contribution < 1.29 is 14.6 Å². The lowest BCUT2D eigenvalue weighted by molar-refractivity contribution is -0.0247. The molecule has 3 atom stereocenters. The van der Waals surface area contributed by atoms with Crippen molar-refractivity contribution in [2.24, 2.45) is 0 Å². The van der Waals surface area contributed by atoms with E-state index in [-0.39, 0.29) is 36.6 Å². The van der Waals surface area contributed by atoms with Crippen molar-refractivity contribution >= 4 is 0 Å². The van der Waals surface area contributed by atoms with Crippen LogP contribution in [0.1, 0.15) is 12.6 Å². The summed E-state index contributed by atoms with van der Waals surface area (Å²) in [5, 5.41) is 9.05. The van der Waals surface area contributed by atoms with E-state index in [1.165, 1.54) is 6.07 Å². The van der Waals surface area contributed by atoms with Crippen LogP contribution in [0.2, 0.25) is 0 Å². The van der Waals surface area contributed by atoms with Crippen LogP contribution < -0.4 is 10.3 Å². The lowest BCUT2D eigenvalue weighted by Gasteiger charge is -2.22. The molecule has 3 rings (SSSR count). The molecule has 2 bridgehead atoms. The Morgan fingerprint density at radius 1 is 1.67 bits per heavy atom. The topological polar surface area (TPSA) is 73.6 Å². The normalized spacial score (nSPS) is 32.2. The first-order chi connectivity index (χ1) is 7.28. The van der Waals surface area contributed by atoms with Gasteiger partial charge in [0.2, 0.25) is 0 Å². The van der Waals surface area contributed by atoms with Crippen LogP contribution in [0, 0.1) is 0 Å². The maximum absolute atomic E-state index is 11.0. The average Bonchev–Trinajstić information content (AvgIpc) is 2.56. The van der Waals surface area contributed by atoms with Crippen molar-refractivity contribution in [2.75, 3.05) is 6.61 Å². The summed E-state index contributed by atoms with van der Waals surface area (Å²) in [5.41, 5.74) is -0.330. The van der Waals surface area contributed by atoms with Crippen molar-refractivity contribution in [3.63, 3.8) is 0 Å². The van der Waals surface area contributed by atoms with Crippen LogP contribution >= 0.6 is 0 Å². The highest BCUT2D eigenvalue weighted by Crippen LogP contribution is 2.37. The number of aliphatic hydroxyl groups is 1. The fourth-order valence-corrected chi connectivity index (χ4v) is 2.00. The molecule has 2 aliphatic rings. The van der Waals surface area contributed by atoms with Gasteiger partial charge in [0.05, 0.1) is 6.61 Å². The Balaban J connectivity index is 2.03. The number of rotatable bonds is 1. The van der Waals surface area contributed by atoms with E-state index < -0.39 is 0 Å². The largest absolute Gasteiger partial charge is 0.458 e.